The molecular weight excluding hydrogens is 418 g/mol. The number of carbonyl (C=O) groups is 2. The highest BCUT2D eigenvalue weighted by Gasteiger charge is 2.45. The topological polar surface area (TPSA) is 78.9 Å². The van der Waals surface area contributed by atoms with Crippen molar-refractivity contribution in [2.75, 3.05) is 4.90 Å². The molecule has 2 amide bonds. The summed E-state index contributed by atoms with van der Waals surface area (Å²) >= 11 is 0. The number of rotatable bonds is 7. The Labute approximate surface area is 186 Å². The fourth-order valence-electron chi connectivity index (χ4n) is 4.10. The third-order valence-electron chi connectivity index (χ3n) is 5.47. The van der Waals surface area contributed by atoms with Crippen LogP contribution in [0.1, 0.15) is 57.0 Å². The second kappa shape index (κ2) is 8.50. The number of amides is 2. The zero-order valence-electron chi connectivity index (χ0n) is 18.8. The minimum Gasteiger partial charge on any atom is -0.435 e. The van der Waals surface area contributed by atoms with Gasteiger partial charge in [0.15, 0.2) is 0 Å². The lowest BCUT2D eigenvalue weighted by molar-refractivity contribution is -0.121. The molecule has 2 N–H and O–H groups in total. The summed E-state index contributed by atoms with van der Waals surface area (Å²) in [5.41, 5.74) is 0.473. The third-order valence-corrected chi connectivity index (χ3v) is 5.47. The van der Waals surface area contributed by atoms with Gasteiger partial charge in [-0.05, 0) is 76.9 Å². The van der Waals surface area contributed by atoms with Crippen molar-refractivity contribution in [1.29, 1.82) is 0 Å². The van der Waals surface area contributed by atoms with Crippen molar-refractivity contribution in [3.8, 4) is 5.75 Å². The van der Waals surface area contributed by atoms with Crippen LogP contribution >= 0.6 is 0 Å². The number of fused-ring (bicyclic) bond motifs is 1. The fraction of sp³-hybridized carbons (Fsp3) is 0.417. The van der Waals surface area contributed by atoms with Crippen molar-refractivity contribution < 1.29 is 28.2 Å². The summed E-state index contributed by atoms with van der Waals surface area (Å²) in [6.45, 7) is 5.86. The van der Waals surface area contributed by atoms with Crippen LogP contribution in [0.15, 0.2) is 42.5 Å². The highest BCUT2D eigenvalue weighted by Crippen LogP contribution is 2.46. The Morgan fingerprint density at radius 3 is 2.53 bits per heavy atom. The monoisotopic (exact) mass is 446 g/mol. The number of aliphatic hydroxyl groups excluding tert-OH is 1. The van der Waals surface area contributed by atoms with Gasteiger partial charge in [-0.15, -0.1) is 0 Å². The molecule has 0 bridgehead atoms. The van der Waals surface area contributed by atoms with E-state index in [0.717, 1.165) is 0 Å². The predicted molar refractivity (Wildman–Crippen MR) is 118 cm³/mol. The molecule has 0 fully saturated rings. The standard InChI is InChI=1S/C24H28F2N2O4/c1-14(29)13-23(2,3)27-20(30)15-9-10-19-18(11-15)24(4,5)21(31)28(19)16-7-6-8-17(12-16)32-22(25)26/h6-12,14,22,29H,13H2,1-5H3,(H,27,30). The van der Waals surface area contributed by atoms with Gasteiger partial charge in [0.2, 0.25) is 5.91 Å². The first kappa shape index (κ1) is 23.7. The first-order chi connectivity index (χ1) is 14.8. The Balaban J connectivity index is 1.96. The molecule has 0 saturated heterocycles. The molecule has 172 valence electrons. The maximum Gasteiger partial charge on any atom is 0.387 e. The average Bonchev–Trinajstić information content (AvgIpc) is 2.85. The summed E-state index contributed by atoms with van der Waals surface area (Å²) in [7, 11) is 0. The van der Waals surface area contributed by atoms with Gasteiger partial charge in [0.1, 0.15) is 5.75 Å². The van der Waals surface area contributed by atoms with Gasteiger partial charge in [0, 0.05) is 17.2 Å². The quantitative estimate of drug-likeness (QED) is 0.655. The van der Waals surface area contributed by atoms with Crippen molar-refractivity contribution in [1.82, 2.24) is 5.32 Å². The van der Waals surface area contributed by atoms with E-state index in [1.165, 1.54) is 23.1 Å². The van der Waals surface area contributed by atoms with E-state index in [1.54, 1.807) is 45.0 Å². The number of nitrogens with zero attached hydrogens (tertiary/aromatic N) is 1. The Kier molecular flexibility index (Phi) is 6.29. The van der Waals surface area contributed by atoms with Gasteiger partial charge in [-0.2, -0.15) is 8.78 Å². The molecule has 0 spiro atoms. The van der Waals surface area contributed by atoms with Crippen LogP contribution in [-0.4, -0.2) is 35.2 Å². The highest BCUT2D eigenvalue weighted by molar-refractivity contribution is 6.13. The maximum atomic E-state index is 13.3. The van der Waals surface area contributed by atoms with E-state index in [9.17, 15) is 23.5 Å². The van der Waals surface area contributed by atoms with Gasteiger partial charge in [-0.3, -0.25) is 14.5 Å². The molecule has 1 unspecified atom stereocenters. The molecule has 2 aromatic rings. The third kappa shape index (κ3) is 4.75. The van der Waals surface area contributed by atoms with Crippen LogP contribution in [0.4, 0.5) is 20.2 Å². The van der Waals surface area contributed by atoms with Crippen LogP contribution < -0.4 is 15.0 Å². The summed E-state index contributed by atoms with van der Waals surface area (Å²) in [6, 6.07) is 10.9. The van der Waals surface area contributed by atoms with Gasteiger partial charge in [0.05, 0.1) is 22.9 Å². The Morgan fingerprint density at radius 2 is 1.91 bits per heavy atom. The van der Waals surface area contributed by atoms with Crippen LogP contribution in [0.5, 0.6) is 5.75 Å². The van der Waals surface area contributed by atoms with Crippen molar-refractivity contribution in [3.05, 3.63) is 53.6 Å². The summed E-state index contributed by atoms with van der Waals surface area (Å²) in [6.07, 6.45) is -0.182. The first-order valence-electron chi connectivity index (χ1n) is 10.4. The van der Waals surface area contributed by atoms with Crippen LogP contribution in [0.3, 0.4) is 0 Å². The number of halogens is 2. The lowest BCUT2D eigenvalue weighted by Crippen LogP contribution is -2.45. The molecule has 2 aromatic carbocycles. The van der Waals surface area contributed by atoms with Crippen LogP contribution in [-0.2, 0) is 10.2 Å². The lowest BCUT2D eigenvalue weighted by Gasteiger charge is -2.28. The molecular formula is C24H28F2N2O4. The molecule has 0 aromatic heterocycles. The summed E-state index contributed by atoms with van der Waals surface area (Å²) in [5, 5.41) is 12.6. The summed E-state index contributed by atoms with van der Waals surface area (Å²) < 4.78 is 29.7. The molecule has 1 aliphatic rings. The number of nitrogens with one attached hydrogen (secondary N) is 1. The van der Waals surface area contributed by atoms with Crippen molar-refractivity contribution in [2.45, 2.75) is 64.7 Å². The highest BCUT2D eigenvalue weighted by atomic mass is 19.3. The number of benzene rings is 2. The molecule has 1 aliphatic heterocycles. The SMILES string of the molecule is CC(O)CC(C)(C)NC(=O)c1ccc2c(c1)C(C)(C)C(=O)N2c1cccc(OC(F)F)c1. The largest absolute Gasteiger partial charge is 0.435 e. The van der Waals surface area contributed by atoms with Gasteiger partial charge in [0.25, 0.3) is 5.91 Å². The molecule has 0 aliphatic carbocycles. The predicted octanol–water partition coefficient (Wildman–Crippen LogP) is 4.52. The van der Waals surface area contributed by atoms with Gasteiger partial charge < -0.3 is 15.2 Å². The Hall–Kier alpha value is -3.00. The van der Waals surface area contributed by atoms with Gasteiger partial charge in [-0.1, -0.05) is 6.07 Å². The Bertz CT molecular complexity index is 1030. The van der Waals surface area contributed by atoms with Gasteiger partial charge >= 0.3 is 6.61 Å². The van der Waals surface area contributed by atoms with E-state index in [1.807, 2.05) is 13.8 Å². The fourth-order valence-corrected chi connectivity index (χ4v) is 4.10. The number of aliphatic hydroxyl groups is 1. The number of anilines is 2. The molecule has 0 radical (unpaired) electrons. The van der Waals surface area contributed by atoms with Crippen LogP contribution in [0.2, 0.25) is 0 Å². The summed E-state index contributed by atoms with van der Waals surface area (Å²) in [5.74, 6) is -0.603. The maximum absolute atomic E-state index is 13.3. The number of hydrogen-bond acceptors (Lipinski definition) is 4. The Morgan fingerprint density at radius 1 is 1.22 bits per heavy atom. The molecule has 32 heavy (non-hydrogen) atoms. The van der Waals surface area contributed by atoms with E-state index in [0.29, 0.717) is 28.9 Å². The van der Waals surface area contributed by atoms with Crippen molar-refractivity contribution >= 4 is 23.2 Å². The van der Waals surface area contributed by atoms with E-state index in [2.05, 4.69) is 10.1 Å². The zero-order valence-corrected chi connectivity index (χ0v) is 18.8. The second-order valence-electron chi connectivity index (χ2n) is 9.26. The van der Waals surface area contributed by atoms with E-state index >= 15 is 0 Å². The number of hydrogen-bond donors (Lipinski definition) is 2. The average molecular weight is 446 g/mol. The number of ether oxygens (including phenoxy) is 1. The second-order valence-corrected chi connectivity index (χ2v) is 9.26. The van der Waals surface area contributed by atoms with E-state index in [4.69, 9.17) is 0 Å². The van der Waals surface area contributed by atoms with Crippen LogP contribution in [0.25, 0.3) is 0 Å². The minimum absolute atomic E-state index is 0.0482. The minimum atomic E-state index is -2.97. The first-order valence-corrected chi connectivity index (χ1v) is 10.4. The molecule has 1 heterocycles. The van der Waals surface area contributed by atoms with Crippen molar-refractivity contribution in [2.24, 2.45) is 0 Å². The lowest BCUT2D eigenvalue weighted by atomic mass is 9.85. The van der Waals surface area contributed by atoms with Gasteiger partial charge in [-0.25, -0.2) is 0 Å². The summed E-state index contributed by atoms with van der Waals surface area (Å²) in [4.78, 5) is 27.6. The normalized spacial score (nSPS) is 16.2. The molecule has 6 nitrogen and oxygen atoms in total. The molecule has 0 saturated carbocycles. The van der Waals surface area contributed by atoms with Crippen LogP contribution in [0, 0.1) is 0 Å². The zero-order chi connectivity index (χ0) is 23.8. The smallest absolute Gasteiger partial charge is 0.387 e. The van der Waals surface area contributed by atoms with E-state index < -0.39 is 23.7 Å². The molecule has 8 heteroatoms. The van der Waals surface area contributed by atoms with Crippen molar-refractivity contribution in [3.63, 3.8) is 0 Å². The molecule has 1 atom stereocenters. The number of alkyl halides is 2. The number of carbonyl (C=O) groups excluding carboxylic acids is 2. The molecule has 3 rings (SSSR count). The van der Waals surface area contributed by atoms with E-state index in [-0.39, 0.29) is 17.6 Å².